The van der Waals surface area contributed by atoms with Crippen LogP contribution in [0, 0.1) is 5.82 Å². The van der Waals surface area contributed by atoms with Gasteiger partial charge in [0.1, 0.15) is 18.1 Å². The largest absolute Gasteiger partial charge is 0.467 e. The molecule has 6 heteroatoms. The number of hydrogen-bond donors (Lipinski definition) is 2. The summed E-state index contributed by atoms with van der Waals surface area (Å²) in [6, 6.07) is 10.6. The number of benzene rings is 1. The van der Waals surface area contributed by atoms with Crippen LogP contribution in [0.4, 0.5) is 4.39 Å². The van der Waals surface area contributed by atoms with Crippen molar-refractivity contribution in [2.45, 2.75) is 31.7 Å². The second-order valence-corrected chi connectivity index (χ2v) is 6.53. The Balaban J connectivity index is 1.72. The van der Waals surface area contributed by atoms with E-state index in [0.29, 0.717) is 26.3 Å². The maximum Gasteiger partial charge on any atom is 0.191 e. The van der Waals surface area contributed by atoms with Crippen LogP contribution in [0.2, 0.25) is 0 Å². The molecule has 0 spiro atoms. The van der Waals surface area contributed by atoms with Gasteiger partial charge in [-0.1, -0.05) is 12.1 Å². The van der Waals surface area contributed by atoms with Gasteiger partial charge in [0.25, 0.3) is 0 Å². The monoisotopic (exact) mass is 359 g/mol. The van der Waals surface area contributed by atoms with Gasteiger partial charge in [-0.25, -0.2) is 9.38 Å². The molecule has 1 saturated heterocycles. The molecule has 3 rings (SSSR count). The highest BCUT2D eigenvalue weighted by Gasteiger charge is 2.34. The normalized spacial score (nSPS) is 17.1. The first kappa shape index (κ1) is 18.5. The maximum absolute atomic E-state index is 13.3. The molecule has 26 heavy (non-hydrogen) atoms. The highest BCUT2D eigenvalue weighted by molar-refractivity contribution is 5.79. The molecule has 2 N–H and O–H groups in total. The fourth-order valence-corrected chi connectivity index (χ4v) is 3.29. The van der Waals surface area contributed by atoms with E-state index in [2.05, 4.69) is 15.6 Å². The molecule has 0 amide bonds. The van der Waals surface area contributed by atoms with Crippen molar-refractivity contribution < 1.29 is 13.5 Å². The summed E-state index contributed by atoms with van der Waals surface area (Å²) in [6.45, 7) is 5.42. The molecule has 0 saturated carbocycles. The Morgan fingerprint density at radius 1 is 1.15 bits per heavy atom. The third-order valence-corrected chi connectivity index (χ3v) is 4.82. The molecule has 1 fully saturated rings. The van der Waals surface area contributed by atoms with E-state index < -0.39 is 0 Å². The van der Waals surface area contributed by atoms with E-state index in [9.17, 15) is 4.39 Å². The molecule has 0 unspecified atom stereocenters. The maximum atomic E-state index is 13.3. The number of halogens is 1. The van der Waals surface area contributed by atoms with Crippen molar-refractivity contribution in [2.75, 3.05) is 26.3 Å². The molecule has 0 radical (unpaired) electrons. The highest BCUT2D eigenvalue weighted by Crippen LogP contribution is 2.34. The van der Waals surface area contributed by atoms with E-state index in [-0.39, 0.29) is 11.2 Å². The first-order chi connectivity index (χ1) is 12.7. The van der Waals surface area contributed by atoms with Gasteiger partial charge >= 0.3 is 0 Å². The number of nitrogens with one attached hydrogen (secondary N) is 2. The van der Waals surface area contributed by atoms with Crippen LogP contribution >= 0.6 is 0 Å². The van der Waals surface area contributed by atoms with Gasteiger partial charge in [-0.3, -0.25) is 0 Å². The van der Waals surface area contributed by atoms with Crippen molar-refractivity contribution in [3.63, 3.8) is 0 Å². The van der Waals surface area contributed by atoms with E-state index in [1.54, 1.807) is 6.26 Å². The fourth-order valence-electron chi connectivity index (χ4n) is 3.29. The fraction of sp³-hybridized carbons (Fsp3) is 0.450. The highest BCUT2D eigenvalue weighted by atomic mass is 19.1. The van der Waals surface area contributed by atoms with E-state index in [1.807, 2.05) is 31.2 Å². The van der Waals surface area contributed by atoms with Crippen molar-refractivity contribution in [1.82, 2.24) is 10.6 Å². The zero-order valence-electron chi connectivity index (χ0n) is 15.1. The lowest BCUT2D eigenvalue weighted by molar-refractivity contribution is 0.0513. The van der Waals surface area contributed by atoms with Crippen LogP contribution in [0.25, 0.3) is 0 Å². The zero-order chi connectivity index (χ0) is 18.2. The second-order valence-electron chi connectivity index (χ2n) is 6.53. The summed E-state index contributed by atoms with van der Waals surface area (Å²) in [5.74, 6) is 1.36. The Bertz CT molecular complexity index is 692. The second kappa shape index (κ2) is 8.85. The Hall–Kier alpha value is -2.34. The average molecular weight is 359 g/mol. The molecular weight excluding hydrogens is 333 g/mol. The van der Waals surface area contributed by atoms with Crippen molar-refractivity contribution in [2.24, 2.45) is 4.99 Å². The molecule has 2 heterocycles. The molecule has 5 nitrogen and oxygen atoms in total. The Morgan fingerprint density at radius 3 is 2.58 bits per heavy atom. The van der Waals surface area contributed by atoms with Gasteiger partial charge in [0.15, 0.2) is 5.96 Å². The van der Waals surface area contributed by atoms with Crippen LogP contribution in [0.1, 0.15) is 31.1 Å². The molecule has 1 aromatic heterocycles. The van der Waals surface area contributed by atoms with Crippen LogP contribution in [-0.2, 0) is 16.7 Å². The molecule has 0 aliphatic carbocycles. The van der Waals surface area contributed by atoms with Crippen LogP contribution in [-0.4, -0.2) is 32.3 Å². The Kier molecular flexibility index (Phi) is 6.28. The topological polar surface area (TPSA) is 58.8 Å². The molecule has 1 aliphatic heterocycles. The van der Waals surface area contributed by atoms with Gasteiger partial charge in [-0.05, 0) is 49.6 Å². The molecule has 1 aromatic carbocycles. The van der Waals surface area contributed by atoms with Gasteiger partial charge in [0.05, 0.1) is 6.26 Å². The van der Waals surface area contributed by atoms with E-state index in [0.717, 1.165) is 36.7 Å². The third kappa shape index (κ3) is 4.64. The number of ether oxygens (including phenoxy) is 1. The van der Waals surface area contributed by atoms with E-state index in [4.69, 9.17) is 9.15 Å². The van der Waals surface area contributed by atoms with Gasteiger partial charge in [0.2, 0.25) is 0 Å². The number of nitrogens with zero attached hydrogens (tertiary/aromatic N) is 1. The average Bonchev–Trinajstić information content (AvgIpc) is 3.19. The van der Waals surface area contributed by atoms with Gasteiger partial charge < -0.3 is 19.8 Å². The molecule has 140 valence electrons. The molecule has 0 atom stereocenters. The quantitative estimate of drug-likeness (QED) is 0.614. The summed E-state index contributed by atoms with van der Waals surface area (Å²) in [5, 5.41) is 6.72. The molecule has 1 aliphatic rings. The van der Waals surface area contributed by atoms with Gasteiger partial charge in [0, 0.05) is 31.7 Å². The van der Waals surface area contributed by atoms with Crippen molar-refractivity contribution in [3.05, 3.63) is 59.8 Å². The van der Waals surface area contributed by atoms with Crippen LogP contribution in [0.15, 0.2) is 52.1 Å². The zero-order valence-corrected chi connectivity index (χ0v) is 15.1. The smallest absolute Gasteiger partial charge is 0.191 e. The minimum atomic E-state index is -0.211. The van der Waals surface area contributed by atoms with Gasteiger partial charge in [-0.15, -0.1) is 0 Å². The van der Waals surface area contributed by atoms with Crippen LogP contribution in [0.3, 0.4) is 0 Å². The Morgan fingerprint density at radius 2 is 1.92 bits per heavy atom. The van der Waals surface area contributed by atoms with E-state index >= 15 is 0 Å². The third-order valence-electron chi connectivity index (χ3n) is 4.82. The number of furan rings is 1. The number of hydrogen-bond acceptors (Lipinski definition) is 3. The lowest BCUT2D eigenvalue weighted by Gasteiger charge is -2.38. The van der Waals surface area contributed by atoms with E-state index in [1.165, 1.54) is 12.1 Å². The van der Waals surface area contributed by atoms with Gasteiger partial charge in [-0.2, -0.15) is 0 Å². The standard InChI is InChI=1S/C20H26FN3O2/c1-2-22-19(23-14-18-4-3-11-26-18)24-15-20(9-12-25-13-10-20)16-5-7-17(21)8-6-16/h3-8,11H,2,9-10,12-15H2,1H3,(H2,22,23,24). The lowest BCUT2D eigenvalue weighted by Crippen LogP contribution is -2.48. The number of rotatable bonds is 6. The SMILES string of the molecule is CCNC(=NCc1ccco1)NCC1(c2ccc(F)cc2)CCOCC1. The molecular formula is C20H26FN3O2. The van der Waals surface area contributed by atoms with Crippen LogP contribution in [0.5, 0.6) is 0 Å². The predicted octanol–water partition coefficient (Wildman–Crippen LogP) is 3.22. The molecule has 2 aromatic rings. The summed E-state index contributed by atoms with van der Waals surface area (Å²) in [4.78, 5) is 4.59. The summed E-state index contributed by atoms with van der Waals surface area (Å²) in [7, 11) is 0. The van der Waals surface area contributed by atoms with Crippen molar-refractivity contribution >= 4 is 5.96 Å². The summed E-state index contributed by atoms with van der Waals surface area (Å²) in [6.07, 6.45) is 3.43. The summed E-state index contributed by atoms with van der Waals surface area (Å²) >= 11 is 0. The number of aliphatic imine (C=N–C) groups is 1. The van der Waals surface area contributed by atoms with Crippen molar-refractivity contribution in [3.8, 4) is 0 Å². The predicted molar refractivity (Wildman–Crippen MR) is 99.7 cm³/mol. The van der Waals surface area contributed by atoms with Crippen LogP contribution < -0.4 is 10.6 Å². The molecule has 0 bridgehead atoms. The Labute approximate surface area is 153 Å². The number of guanidine groups is 1. The first-order valence-corrected chi connectivity index (χ1v) is 9.10. The first-order valence-electron chi connectivity index (χ1n) is 9.10. The summed E-state index contributed by atoms with van der Waals surface area (Å²) < 4.78 is 24.3. The summed E-state index contributed by atoms with van der Waals surface area (Å²) in [5.41, 5.74) is 1.05. The minimum absolute atomic E-state index is 0.0905. The minimum Gasteiger partial charge on any atom is -0.467 e. The van der Waals surface area contributed by atoms with Crippen molar-refractivity contribution in [1.29, 1.82) is 0 Å². The lowest BCUT2D eigenvalue weighted by atomic mass is 9.74.